The molecule has 1 aromatic heterocycles. The Kier molecular flexibility index (Phi) is 4.08. The van der Waals surface area contributed by atoms with Gasteiger partial charge in [0.2, 0.25) is 0 Å². The van der Waals surface area contributed by atoms with Gasteiger partial charge < -0.3 is 10.0 Å². The first kappa shape index (κ1) is 14.3. The molecule has 0 saturated carbocycles. The first-order valence-corrected chi connectivity index (χ1v) is 7.52. The van der Waals surface area contributed by atoms with Gasteiger partial charge in [-0.1, -0.05) is 11.6 Å². The second-order valence-electron chi connectivity index (χ2n) is 5.41. The molecule has 0 spiro atoms. The number of likely N-dealkylation sites (tertiary alicyclic amines) is 1. The zero-order valence-corrected chi connectivity index (χ0v) is 12.4. The third-order valence-corrected chi connectivity index (χ3v) is 4.44. The number of amides is 1. The SMILES string of the molecule is O=C(c1ccc(Cl)c2cccnc12)N1CCC(CO)CC1. The van der Waals surface area contributed by atoms with Crippen LogP contribution in [-0.2, 0) is 0 Å². The zero-order chi connectivity index (χ0) is 14.8. The van der Waals surface area contributed by atoms with Gasteiger partial charge in [0.25, 0.3) is 5.91 Å². The molecule has 5 heteroatoms. The lowest BCUT2D eigenvalue weighted by Gasteiger charge is -2.31. The predicted octanol–water partition coefficient (Wildman–Crippen LogP) is 2.73. The molecular weight excluding hydrogens is 288 g/mol. The third-order valence-electron chi connectivity index (χ3n) is 4.11. The van der Waals surface area contributed by atoms with Crippen LogP contribution in [0.3, 0.4) is 0 Å². The topological polar surface area (TPSA) is 53.4 Å². The standard InChI is InChI=1S/C16H17ClN2O2/c17-14-4-3-13(15-12(14)2-1-7-18-15)16(21)19-8-5-11(10-20)6-9-19/h1-4,7,11,20H,5-6,8-10H2. The van der Waals surface area contributed by atoms with Crippen LogP contribution in [0.1, 0.15) is 23.2 Å². The van der Waals surface area contributed by atoms with Crippen molar-refractivity contribution in [2.24, 2.45) is 5.92 Å². The maximum Gasteiger partial charge on any atom is 0.256 e. The van der Waals surface area contributed by atoms with Crippen molar-refractivity contribution in [3.8, 4) is 0 Å². The number of hydrogen-bond acceptors (Lipinski definition) is 3. The highest BCUT2D eigenvalue weighted by Gasteiger charge is 2.24. The van der Waals surface area contributed by atoms with Crippen molar-refractivity contribution in [2.45, 2.75) is 12.8 Å². The number of carbonyl (C=O) groups is 1. The summed E-state index contributed by atoms with van der Waals surface area (Å²) in [7, 11) is 0. The Morgan fingerprint density at radius 2 is 2.10 bits per heavy atom. The molecule has 0 aliphatic carbocycles. The van der Waals surface area contributed by atoms with Crippen molar-refractivity contribution in [1.29, 1.82) is 0 Å². The van der Waals surface area contributed by atoms with Crippen molar-refractivity contribution in [1.82, 2.24) is 9.88 Å². The smallest absolute Gasteiger partial charge is 0.256 e. The van der Waals surface area contributed by atoms with Crippen LogP contribution in [0.15, 0.2) is 30.5 Å². The molecule has 2 aromatic rings. The summed E-state index contributed by atoms with van der Waals surface area (Å²) in [6, 6.07) is 7.19. The second kappa shape index (κ2) is 6.00. The van der Waals surface area contributed by atoms with E-state index in [9.17, 15) is 9.90 Å². The van der Waals surface area contributed by atoms with Crippen molar-refractivity contribution < 1.29 is 9.90 Å². The van der Waals surface area contributed by atoms with E-state index >= 15 is 0 Å². The first-order valence-electron chi connectivity index (χ1n) is 7.14. The fourth-order valence-electron chi connectivity index (χ4n) is 2.80. The summed E-state index contributed by atoms with van der Waals surface area (Å²) >= 11 is 6.16. The van der Waals surface area contributed by atoms with E-state index in [1.807, 2.05) is 17.0 Å². The molecule has 3 rings (SSSR count). The van der Waals surface area contributed by atoms with Gasteiger partial charge >= 0.3 is 0 Å². The molecule has 2 heterocycles. The number of piperidine rings is 1. The molecule has 0 radical (unpaired) electrons. The summed E-state index contributed by atoms with van der Waals surface area (Å²) in [4.78, 5) is 18.9. The Balaban J connectivity index is 1.90. The van der Waals surface area contributed by atoms with Gasteiger partial charge in [-0.15, -0.1) is 0 Å². The Labute approximate surface area is 128 Å². The van der Waals surface area contributed by atoms with Crippen molar-refractivity contribution in [3.63, 3.8) is 0 Å². The second-order valence-corrected chi connectivity index (χ2v) is 5.82. The molecule has 1 amide bonds. The Bertz CT molecular complexity index is 666. The number of rotatable bonds is 2. The normalized spacial score (nSPS) is 16.4. The van der Waals surface area contributed by atoms with Crippen LogP contribution in [0.25, 0.3) is 10.9 Å². The number of aromatic nitrogens is 1. The molecule has 1 aliphatic heterocycles. The predicted molar refractivity (Wildman–Crippen MR) is 82.5 cm³/mol. The van der Waals surface area contributed by atoms with Crippen molar-refractivity contribution in [3.05, 3.63) is 41.0 Å². The van der Waals surface area contributed by atoms with Gasteiger partial charge in [-0.25, -0.2) is 0 Å². The molecule has 1 aliphatic rings. The molecule has 1 aromatic carbocycles. The van der Waals surface area contributed by atoms with E-state index < -0.39 is 0 Å². The van der Waals surface area contributed by atoms with E-state index in [2.05, 4.69) is 4.98 Å². The minimum absolute atomic E-state index is 0.00763. The molecule has 0 bridgehead atoms. The summed E-state index contributed by atoms with van der Waals surface area (Å²) in [5, 5.41) is 10.6. The summed E-state index contributed by atoms with van der Waals surface area (Å²) in [5.74, 6) is 0.306. The van der Waals surface area contributed by atoms with E-state index in [1.54, 1.807) is 18.3 Å². The van der Waals surface area contributed by atoms with Crippen molar-refractivity contribution >= 4 is 28.4 Å². The molecular formula is C16H17ClN2O2. The fraction of sp³-hybridized carbons (Fsp3) is 0.375. The number of hydrogen-bond donors (Lipinski definition) is 1. The number of pyridine rings is 1. The number of halogens is 1. The van der Waals surface area contributed by atoms with Gasteiger partial charge in [-0.05, 0) is 43.0 Å². The molecule has 110 valence electrons. The van der Waals surface area contributed by atoms with Crippen LogP contribution in [0.5, 0.6) is 0 Å². The maximum atomic E-state index is 12.7. The quantitative estimate of drug-likeness (QED) is 0.928. The van der Waals surface area contributed by atoms with Gasteiger partial charge in [0.05, 0.1) is 16.1 Å². The summed E-state index contributed by atoms with van der Waals surface area (Å²) in [6.45, 7) is 1.56. The lowest BCUT2D eigenvalue weighted by molar-refractivity contribution is 0.0652. The third kappa shape index (κ3) is 2.74. The monoisotopic (exact) mass is 304 g/mol. The van der Waals surface area contributed by atoms with E-state index in [-0.39, 0.29) is 12.5 Å². The number of nitrogens with zero attached hydrogens (tertiary/aromatic N) is 2. The summed E-state index contributed by atoms with van der Waals surface area (Å²) in [6.07, 6.45) is 3.37. The van der Waals surface area contributed by atoms with Crippen molar-refractivity contribution in [2.75, 3.05) is 19.7 Å². The number of aliphatic hydroxyl groups excluding tert-OH is 1. The van der Waals surface area contributed by atoms with Gasteiger partial charge in [0, 0.05) is 31.3 Å². The molecule has 1 fully saturated rings. The fourth-order valence-corrected chi connectivity index (χ4v) is 3.01. The van der Waals surface area contributed by atoms with Gasteiger partial charge in [0.15, 0.2) is 0 Å². The molecule has 0 atom stereocenters. The van der Waals surface area contributed by atoms with E-state index in [0.29, 0.717) is 35.1 Å². The van der Waals surface area contributed by atoms with E-state index in [1.165, 1.54) is 0 Å². The van der Waals surface area contributed by atoms with Gasteiger partial charge in [0.1, 0.15) is 0 Å². The molecule has 0 unspecified atom stereocenters. The number of fused-ring (bicyclic) bond motifs is 1. The van der Waals surface area contributed by atoms with Crippen LogP contribution < -0.4 is 0 Å². The van der Waals surface area contributed by atoms with Crippen LogP contribution >= 0.6 is 11.6 Å². The Morgan fingerprint density at radius 3 is 2.81 bits per heavy atom. The summed E-state index contributed by atoms with van der Waals surface area (Å²) in [5.41, 5.74) is 1.25. The average molecular weight is 305 g/mol. The largest absolute Gasteiger partial charge is 0.396 e. The Morgan fingerprint density at radius 1 is 1.33 bits per heavy atom. The van der Waals surface area contributed by atoms with Gasteiger partial charge in [-0.3, -0.25) is 9.78 Å². The van der Waals surface area contributed by atoms with Gasteiger partial charge in [-0.2, -0.15) is 0 Å². The number of carbonyl (C=O) groups excluding carboxylic acids is 1. The molecule has 1 N–H and O–H groups in total. The van der Waals surface area contributed by atoms with E-state index in [0.717, 1.165) is 18.2 Å². The van der Waals surface area contributed by atoms with Crippen LogP contribution in [-0.4, -0.2) is 40.6 Å². The van der Waals surface area contributed by atoms with E-state index in [4.69, 9.17) is 11.6 Å². The van der Waals surface area contributed by atoms with Crippen LogP contribution in [0.2, 0.25) is 5.02 Å². The molecule has 21 heavy (non-hydrogen) atoms. The summed E-state index contributed by atoms with van der Waals surface area (Å²) < 4.78 is 0. The minimum Gasteiger partial charge on any atom is -0.396 e. The number of aliphatic hydroxyl groups is 1. The highest BCUT2D eigenvalue weighted by molar-refractivity contribution is 6.36. The first-order chi connectivity index (χ1) is 10.2. The zero-order valence-electron chi connectivity index (χ0n) is 11.6. The highest BCUT2D eigenvalue weighted by Crippen LogP contribution is 2.27. The molecule has 1 saturated heterocycles. The lowest BCUT2D eigenvalue weighted by Crippen LogP contribution is -2.39. The Hall–Kier alpha value is -1.65. The lowest BCUT2D eigenvalue weighted by atomic mass is 9.97. The maximum absolute atomic E-state index is 12.7. The highest BCUT2D eigenvalue weighted by atomic mass is 35.5. The molecule has 4 nitrogen and oxygen atoms in total. The average Bonchev–Trinajstić information content (AvgIpc) is 2.55. The number of benzene rings is 1. The van der Waals surface area contributed by atoms with Crippen LogP contribution in [0, 0.1) is 5.92 Å². The minimum atomic E-state index is -0.00763. The van der Waals surface area contributed by atoms with Crippen LogP contribution in [0.4, 0.5) is 0 Å².